The number of ether oxygens (including phenoxy) is 1. The molecule has 0 aromatic heterocycles. The summed E-state index contributed by atoms with van der Waals surface area (Å²) in [5.74, 6) is -0.927. The summed E-state index contributed by atoms with van der Waals surface area (Å²) in [6, 6.07) is 18.0. The first kappa shape index (κ1) is 20.0. The maximum absolute atomic E-state index is 12.8. The zero-order chi connectivity index (χ0) is 19.8. The van der Waals surface area contributed by atoms with Gasteiger partial charge in [0.2, 0.25) is 0 Å². The Bertz CT molecular complexity index is 811. The number of nitrogens with zero attached hydrogens (tertiary/aromatic N) is 3. The number of anilines is 2. The highest BCUT2D eigenvalue weighted by Gasteiger charge is 2.25. The van der Waals surface area contributed by atoms with Crippen LogP contribution in [0.4, 0.5) is 11.4 Å². The van der Waals surface area contributed by atoms with Gasteiger partial charge in [-0.05, 0) is 43.3 Å². The second-order valence-corrected chi connectivity index (χ2v) is 6.22. The summed E-state index contributed by atoms with van der Waals surface area (Å²) in [6.45, 7) is 1.77. The van der Waals surface area contributed by atoms with Crippen LogP contribution in [-0.2, 0) is 9.53 Å². The number of hydrogen-bond acceptors (Lipinski definition) is 5. The molecule has 0 aliphatic rings. The van der Waals surface area contributed by atoms with Gasteiger partial charge in [0.25, 0.3) is 5.91 Å². The molecule has 0 saturated heterocycles. The quantitative estimate of drug-likeness (QED) is 0.704. The van der Waals surface area contributed by atoms with Crippen molar-refractivity contribution in [1.82, 2.24) is 0 Å². The third kappa shape index (κ3) is 5.32. The lowest BCUT2D eigenvalue weighted by atomic mass is 10.2. The Morgan fingerprint density at radius 3 is 2.22 bits per heavy atom. The highest BCUT2D eigenvalue weighted by Crippen LogP contribution is 2.17. The predicted molar refractivity (Wildman–Crippen MR) is 105 cm³/mol. The number of rotatable bonds is 7. The van der Waals surface area contributed by atoms with Crippen LogP contribution in [0.2, 0.25) is 0 Å². The third-order valence-electron chi connectivity index (χ3n) is 4.03. The Morgan fingerprint density at radius 2 is 1.67 bits per heavy atom. The van der Waals surface area contributed by atoms with Crippen molar-refractivity contribution in [2.75, 3.05) is 30.4 Å². The molecule has 1 amide bonds. The Kier molecular flexibility index (Phi) is 6.95. The summed E-state index contributed by atoms with van der Waals surface area (Å²) < 4.78 is 5.35. The first-order valence-electron chi connectivity index (χ1n) is 8.65. The van der Waals surface area contributed by atoms with E-state index in [1.807, 2.05) is 55.4 Å². The lowest BCUT2D eigenvalue weighted by molar-refractivity contribution is -0.126. The molecule has 0 aliphatic heterocycles. The second kappa shape index (κ2) is 9.39. The summed E-state index contributed by atoms with van der Waals surface area (Å²) in [5, 5.41) is 8.86. The lowest BCUT2D eigenvalue weighted by Crippen LogP contribution is -2.40. The van der Waals surface area contributed by atoms with Crippen molar-refractivity contribution in [3.05, 3.63) is 60.2 Å². The molecule has 27 heavy (non-hydrogen) atoms. The summed E-state index contributed by atoms with van der Waals surface area (Å²) in [5.41, 5.74) is 2.00. The molecule has 0 spiro atoms. The van der Waals surface area contributed by atoms with E-state index in [1.165, 1.54) is 11.8 Å². The minimum absolute atomic E-state index is 0.188. The zero-order valence-electron chi connectivity index (χ0n) is 15.8. The molecule has 2 aromatic carbocycles. The molecule has 1 atom stereocenters. The number of benzene rings is 2. The molecular formula is C21H23N3O3. The summed E-state index contributed by atoms with van der Waals surface area (Å²) >= 11 is 0. The summed E-state index contributed by atoms with van der Waals surface area (Å²) in [6.07, 6.45) is -0.780. The van der Waals surface area contributed by atoms with Gasteiger partial charge in [-0.3, -0.25) is 4.79 Å². The van der Waals surface area contributed by atoms with E-state index in [1.54, 1.807) is 24.3 Å². The highest BCUT2D eigenvalue weighted by atomic mass is 16.5. The second-order valence-electron chi connectivity index (χ2n) is 6.22. The fourth-order valence-corrected chi connectivity index (χ4v) is 2.53. The van der Waals surface area contributed by atoms with Gasteiger partial charge in [0, 0.05) is 32.0 Å². The third-order valence-corrected chi connectivity index (χ3v) is 4.03. The van der Waals surface area contributed by atoms with E-state index in [2.05, 4.69) is 0 Å². The van der Waals surface area contributed by atoms with E-state index in [-0.39, 0.29) is 18.9 Å². The first-order chi connectivity index (χ1) is 12.9. The van der Waals surface area contributed by atoms with E-state index in [4.69, 9.17) is 10.00 Å². The van der Waals surface area contributed by atoms with Crippen molar-refractivity contribution >= 4 is 23.3 Å². The van der Waals surface area contributed by atoms with Crippen LogP contribution in [-0.4, -0.2) is 38.6 Å². The Morgan fingerprint density at radius 1 is 1.04 bits per heavy atom. The normalized spacial score (nSPS) is 11.2. The van der Waals surface area contributed by atoms with Crippen LogP contribution in [0.5, 0.6) is 0 Å². The van der Waals surface area contributed by atoms with Gasteiger partial charge in [-0.2, -0.15) is 5.26 Å². The minimum atomic E-state index is -0.968. The van der Waals surface area contributed by atoms with Gasteiger partial charge in [-0.25, -0.2) is 4.79 Å². The van der Waals surface area contributed by atoms with Crippen LogP contribution >= 0.6 is 0 Å². The first-order valence-corrected chi connectivity index (χ1v) is 8.65. The maximum atomic E-state index is 12.8. The molecular weight excluding hydrogens is 342 g/mol. The number of nitriles is 1. The van der Waals surface area contributed by atoms with E-state index in [0.717, 1.165) is 5.69 Å². The summed E-state index contributed by atoms with van der Waals surface area (Å²) in [4.78, 5) is 28.5. The average molecular weight is 365 g/mol. The van der Waals surface area contributed by atoms with Crippen LogP contribution in [0.3, 0.4) is 0 Å². The molecule has 0 radical (unpaired) electrons. The number of carbonyl (C=O) groups is 2. The molecule has 2 rings (SSSR count). The van der Waals surface area contributed by atoms with Gasteiger partial charge in [0.05, 0.1) is 18.1 Å². The summed E-state index contributed by atoms with van der Waals surface area (Å²) in [7, 11) is 3.82. The fraction of sp³-hybridized carbons (Fsp3) is 0.286. The smallest absolute Gasteiger partial charge is 0.338 e. The maximum Gasteiger partial charge on any atom is 0.338 e. The van der Waals surface area contributed by atoms with Gasteiger partial charge in [0.15, 0.2) is 6.10 Å². The molecule has 0 saturated carbocycles. The van der Waals surface area contributed by atoms with Crippen LogP contribution < -0.4 is 9.80 Å². The molecule has 0 aliphatic carbocycles. The number of para-hydroxylation sites is 1. The Balaban J connectivity index is 2.09. The number of hydrogen-bond donors (Lipinski definition) is 0. The molecule has 6 nitrogen and oxygen atoms in total. The monoisotopic (exact) mass is 365 g/mol. The van der Waals surface area contributed by atoms with Gasteiger partial charge in [-0.1, -0.05) is 18.2 Å². The van der Waals surface area contributed by atoms with Gasteiger partial charge < -0.3 is 14.5 Å². The minimum Gasteiger partial charge on any atom is -0.449 e. The highest BCUT2D eigenvalue weighted by molar-refractivity contribution is 5.99. The standard InChI is InChI=1S/C21H23N3O3/c1-16(27-21(26)17-10-12-18(13-11-17)23(2)3)20(25)24(15-7-14-22)19-8-5-4-6-9-19/h4-6,8-13,16H,7,15H2,1-3H3/t16-/m1/s1. The van der Waals surface area contributed by atoms with Crippen LogP contribution in [0.15, 0.2) is 54.6 Å². The lowest BCUT2D eigenvalue weighted by Gasteiger charge is -2.25. The van der Waals surface area contributed by atoms with Crippen LogP contribution in [0.25, 0.3) is 0 Å². The van der Waals surface area contributed by atoms with Gasteiger partial charge in [0.1, 0.15) is 0 Å². The van der Waals surface area contributed by atoms with Crippen molar-refractivity contribution in [3.63, 3.8) is 0 Å². The topological polar surface area (TPSA) is 73.6 Å². The van der Waals surface area contributed by atoms with Crippen LogP contribution in [0.1, 0.15) is 23.7 Å². The Labute approximate surface area is 159 Å². The van der Waals surface area contributed by atoms with Gasteiger partial charge in [-0.15, -0.1) is 0 Å². The molecule has 0 fully saturated rings. The van der Waals surface area contributed by atoms with Crippen molar-refractivity contribution < 1.29 is 14.3 Å². The largest absolute Gasteiger partial charge is 0.449 e. The molecule has 6 heteroatoms. The average Bonchev–Trinajstić information content (AvgIpc) is 2.68. The molecule has 0 N–H and O–H groups in total. The van der Waals surface area contributed by atoms with Crippen molar-refractivity contribution in [1.29, 1.82) is 5.26 Å². The molecule has 0 unspecified atom stereocenters. The van der Waals surface area contributed by atoms with E-state index < -0.39 is 12.1 Å². The fourth-order valence-electron chi connectivity index (χ4n) is 2.53. The predicted octanol–water partition coefficient (Wildman–Crippen LogP) is 3.24. The molecule has 0 heterocycles. The van der Waals surface area contributed by atoms with Crippen molar-refractivity contribution in [2.24, 2.45) is 0 Å². The van der Waals surface area contributed by atoms with E-state index in [0.29, 0.717) is 11.3 Å². The van der Waals surface area contributed by atoms with E-state index >= 15 is 0 Å². The van der Waals surface area contributed by atoms with E-state index in [9.17, 15) is 9.59 Å². The van der Waals surface area contributed by atoms with Crippen molar-refractivity contribution in [3.8, 4) is 6.07 Å². The number of carbonyl (C=O) groups excluding carboxylic acids is 2. The SMILES string of the molecule is C[C@@H](OC(=O)c1ccc(N(C)C)cc1)C(=O)N(CCC#N)c1ccccc1. The molecule has 2 aromatic rings. The zero-order valence-corrected chi connectivity index (χ0v) is 15.8. The Hall–Kier alpha value is -3.33. The van der Waals surface area contributed by atoms with Crippen molar-refractivity contribution in [2.45, 2.75) is 19.4 Å². The number of amides is 1. The molecule has 140 valence electrons. The molecule has 0 bridgehead atoms. The van der Waals surface area contributed by atoms with Crippen LogP contribution in [0, 0.1) is 11.3 Å². The van der Waals surface area contributed by atoms with Gasteiger partial charge >= 0.3 is 5.97 Å². The number of esters is 1.